The molecule has 0 bridgehead atoms. The second-order valence-corrected chi connectivity index (χ2v) is 2.31. The van der Waals surface area contributed by atoms with E-state index in [1.165, 1.54) is 7.11 Å². The molecule has 0 fully saturated rings. The summed E-state index contributed by atoms with van der Waals surface area (Å²) in [5, 5.41) is 8.86. The number of aliphatic hydroxyl groups is 1. The molecule has 0 spiro atoms. The number of benzene rings is 1. The van der Waals surface area contributed by atoms with Crippen molar-refractivity contribution in [2.24, 2.45) is 0 Å². The number of rotatable bonds is 2. The predicted molar refractivity (Wildman–Crippen MR) is 43.7 cm³/mol. The van der Waals surface area contributed by atoms with Crippen LogP contribution in [0.5, 0.6) is 0 Å². The lowest BCUT2D eigenvalue weighted by Gasteiger charge is -2.03. The number of hydrogen-bond donors (Lipinski definition) is 1. The Hall–Kier alpha value is -1.35. The summed E-state index contributed by atoms with van der Waals surface area (Å²) in [4.78, 5) is 11.1. The highest BCUT2D eigenvalue weighted by Gasteiger charge is 2.08. The van der Waals surface area contributed by atoms with E-state index in [1.54, 1.807) is 24.3 Å². The van der Waals surface area contributed by atoms with Crippen molar-refractivity contribution < 1.29 is 14.6 Å². The van der Waals surface area contributed by atoms with E-state index in [-0.39, 0.29) is 6.61 Å². The Bertz CT molecular complexity index is 281. The van der Waals surface area contributed by atoms with Crippen LogP contribution in [0.1, 0.15) is 15.9 Å². The van der Waals surface area contributed by atoms with E-state index in [1.807, 2.05) is 0 Å². The van der Waals surface area contributed by atoms with Gasteiger partial charge in [-0.1, -0.05) is 18.2 Å². The number of hydrogen-bond acceptors (Lipinski definition) is 3. The molecule has 0 saturated carbocycles. The van der Waals surface area contributed by atoms with Gasteiger partial charge in [-0.15, -0.1) is 0 Å². The van der Waals surface area contributed by atoms with Gasteiger partial charge in [-0.25, -0.2) is 4.79 Å². The highest BCUT2D eigenvalue weighted by Crippen LogP contribution is 2.09. The van der Waals surface area contributed by atoms with Gasteiger partial charge in [-0.3, -0.25) is 0 Å². The predicted octanol–water partition coefficient (Wildman–Crippen LogP) is 0.965. The Morgan fingerprint density at radius 1 is 1.50 bits per heavy atom. The van der Waals surface area contributed by atoms with Gasteiger partial charge in [0, 0.05) is 0 Å². The topological polar surface area (TPSA) is 46.5 Å². The van der Waals surface area contributed by atoms with Gasteiger partial charge in [0.05, 0.1) is 19.3 Å². The van der Waals surface area contributed by atoms with E-state index in [0.717, 1.165) is 0 Å². The minimum absolute atomic E-state index is 0.148. The first-order valence-electron chi connectivity index (χ1n) is 3.56. The number of ether oxygens (including phenoxy) is 1. The van der Waals surface area contributed by atoms with E-state index in [9.17, 15) is 4.79 Å². The van der Waals surface area contributed by atoms with Crippen LogP contribution in [0.25, 0.3) is 0 Å². The third-order valence-corrected chi connectivity index (χ3v) is 1.59. The van der Waals surface area contributed by atoms with Crippen molar-refractivity contribution in [2.75, 3.05) is 7.11 Å². The summed E-state index contributed by atoms with van der Waals surface area (Å²) in [6.45, 7) is -0.148. The molecule has 0 aliphatic carbocycles. The first kappa shape index (κ1) is 8.74. The maximum atomic E-state index is 11.1. The Morgan fingerprint density at radius 2 is 2.17 bits per heavy atom. The number of esters is 1. The van der Waals surface area contributed by atoms with E-state index >= 15 is 0 Å². The lowest BCUT2D eigenvalue weighted by atomic mass is 10.1. The van der Waals surface area contributed by atoms with Gasteiger partial charge in [-0.2, -0.15) is 0 Å². The number of methoxy groups -OCH3 is 1. The highest BCUT2D eigenvalue weighted by atomic mass is 16.5. The van der Waals surface area contributed by atoms with Gasteiger partial charge in [0.2, 0.25) is 0 Å². The molecule has 1 rings (SSSR count). The summed E-state index contributed by atoms with van der Waals surface area (Å²) in [6.07, 6.45) is 0. The van der Waals surface area contributed by atoms with Gasteiger partial charge in [0.25, 0.3) is 0 Å². The third kappa shape index (κ3) is 1.62. The molecule has 0 aliphatic rings. The summed E-state index contributed by atoms with van der Waals surface area (Å²) in [6, 6.07) is 6.80. The molecule has 1 aromatic carbocycles. The second-order valence-electron chi connectivity index (χ2n) is 2.31. The summed E-state index contributed by atoms with van der Waals surface area (Å²) >= 11 is 0. The fourth-order valence-electron chi connectivity index (χ4n) is 0.967. The monoisotopic (exact) mass is 166 g/mol. The van der Waals surface area contributed by atoms with Gasteiger partial charge in [0.15, 0.2) is 0 Å². The van der Waals surface area contributed by atoms with Gasteiger partial charge in [-0.05, 0) is 11.6 Å². The molecule has 0 amide bonds. The van der Waals surface area contributed by atoms with E-state index < -0.39 is 5.97 Å². The SMILES string of the molecule is COC(=O)c1ccccc1CO. The van der Waals surface area contributed by atoms with Crippen LogP contribution in [0.2, 0.25) is 0 Å². The minimum atomic E-state index is -0.417. The van der Waals surface area contributed by atoms with Crippen molar-refractivity contribution in [3.63, 3.8) is 0 Å². The van der Waals surface area contributed by atoms with Crippen molar-refractivity contribution in [3.8, 4) is 0 Å². The first-order valence-corrected chi connectivity index (χ1v) is 3.56. The maximum Gasteiger partial charge on any atom is 0.338 e. The summed E-state index contributed by atoms with van der Waals surface area (Å²) in [7, 11) is 1.32. The van der Waals surface area contributed by atoms with Crippen LogP contribution in [0.15, 0.2) is 24.3 Å². The molecule has 12 heavy (non-hydrogen) atoms. The molecule has 0 unspecified atom stereocenters. The molecule has 0 saturated heterocycles. The molecular formula is C9H10O3. The van der Waals surface area contributed by atoms with Crippen molar-refractivity contribution >= 4 is 5.97 Å². The van der Waals surface area contributed by atoms with Gasteiger partial charge in [0.1, 0.15) is 0 Å². The Morgan fingerprint density at radius 3 is 2.75 bits per heavy atom. The largest absolute Gasteiger partial charge is 0.465 e. The Balaban J connectivity index is 3.04. The smallest absolute Gasteiger partial charge is 0.338 e. The van der Waals surface area contributed by atoms with Crippen LogP contribution >= 0.6 is 0 Å². The van der Waals surface area contributed by atoms with Crippen molar-refractivity contribution in [3.05, 3.63) is 35.4 Å². The average Bonchev–Trinajstić information content (AvgIpc) is 2.16. The molecule has 64 valence electrons. The summed E-state index contributed by atoms with van der Waals surface area (Å²) in [5.74, 6) is -0.417. The van der Waals surface area contributed by atoms with Crippen molar-refractivity contribution in [1.82, 2.24) is 0 Å². The zero-order valence-electron chi connectivity index (χ0n) is 6.78. The van der Waals surface area contributed by atoms with Gasteiger partial charge >= 0.3 is 5.97 Å². The van der Waals surface area contributed by atoms with Gasteiger partial charge < -0.3 is 9.84 Å². The maximum absolute atomic E-state index is 11.1. The normalized spacial score (nSPS) is 9.50. The molecule has 0 aliphatic heterocycles. The molecule has 1 aromatic rings. The van der Waals surface area contributed by atoms with Crippen LogP contribution in [-0.4, -0.2) is 18.2 Å². The summed E-state index contributed by atoms with van der Waals surface area (Å²) < 4.78 is 4.53. The highest BCUT2D eigenvalue weighted by molar-refractivity contribution is 5.90. The minimum Gasteiger partial charge on any atom is -0.465 e. The molecule has 0 atom stereocenters. The fraction of sp³-hybridized carbons (Fsp3) is 0.222. The van der Waals surface area contributed by atoms with Crippen LogP contribution in [0.4, 0.5) is 0 Å². The molecule has 3 nitrogen and oxygen atoms in total. The first-order chi connectivity index (χ1) is 5.79. The molecule has 3 heteroatoms. The van der Waals surface area contributed by atoms with E-state index in [2.05, 4.69) is 4.74 Å². The van der Waals surface area contributed by atoms with Crippen LogP contribution in [0, 0.1) is 0 Å². The molecular weight excluding hydrogens is 156 g/mol. The lowest BCUT2D eigenvalue weighted by molar-refractivity contribution is 0.0597. The van der Waals surface area contributed by atoms with Crippen LogP contribution < -0.4 is 0 Å². The van der Waals surface area contributed by atoms with E-state index in [0.29, 0.717) is 11.1 Å². The third-order valence-electron chi connectivity index (χ3n) is 1.59. The van der Waals surface area contributed by atoms with Crippen molar-refractivity contribution in [2.45, 2.75) is 6.61 Å². The zero-order chi connectivity index (χ0) is 8.97. The second kappa shape index (κ2) is 3.88. The Labute approximate surface area is 70.6 Å². The average molecular weight is 166 g/mol. The zero-order valence-corrected chi connectivity index (χ0v) is 6.78. The molecule has 1 N–H and O–H groups in total. The van der Waals surface area contributed by atoms with Crippen LogP contribution in [0.3, 0.4) is 0 Å². The van der Waals surface area contributed by atoms with E-state index in [4.69, 9.17) is 5.11 Å². The standard InChI is InChI=1S/C9H10O3/c1-12-9(11)8-5-3-2-4-7(8)6-10/h2-5,10H,6H2,1H3. The summed E-state index contributed by atoms with van der Waals surface area (Å²) in [5.41, 5.74) is 1.01. The van der Waals surface area contributed by atoms with Crippen LogP contribution in [-0.2, 0) is 11.3 Å². The Kier molecular flexibility index (Phi) is 2.82. The molecule has 0 aromatic heterocycles. The quantitative estimate of drug-likeness (QED) is 0.666. The fourth-order valence-corrected chi connectivity index (χ4v) is 0.967. The molecule has 0 radical (unpaired) electrons. The number of aliphatic hydroxyl groups excluding tert-OH is 1. The lowest BCUT2D eigenvalue weighted by Crippen LogP contribution is -2.05. The van der Waals surface area contributed by atoms with Crippen molar-refractivity contribution in [1.29, 1.82) is 0 Å². The number of carbonyl (C=O) groups excluding carboxylic acids is 1. The molecule has 0 heterocycles. The number of carbonyl (C=O) groups is 1.